The van der Waals surface area contributed by atoms with Gasteiger partial charge in [-0.05, 0) is 43.0 Å². The van der Waals surface area contributed by atoms with Crippen LogP contribution in [0.4, 0.5) is 14.5 Å². The van der Waals surface area contributed by atoms with Gasteiger partial charge in [-0.1, -0.05) is 12.1 Å². The summed E-state index contributed by atoms with van der Waals surface area (Å²) in [7, 11) is 3.00. The third-order valence-corrected chi connectivity index (χ3v) is 3.43. The van der Waals surface area contributed by atoms with Crippen LogP contribution < -0.4 is 15.2 Å². The molecule has 0 unspecified atom stereocenters. The molecule has 118 valence electrons. The molecular formula is C17H19F2NO2. The van der Waals surface area contributed by atoms with Gasteiger partial charge in [0.05, 0.1) is 19.9 Å². The fourth-order valence-electron chi connectivity index (χ4n) is 2.13. The van der Waals surface area contributed by atoms with Gasteiger partial charge in [-0.3, -0.25) is 0 Å². The molecule has 1 fully saturated rings. The van der Waals surface area contributed by atoms with Gasteiger partial charge in [0, 0.05) is 5.56 Å². The minimum absolute atomic E-state index is 0.211. The van der Waals surface area contributed by atoms with Gasteiger partial charge in [-0.15, -0.1) is 0 Å². The van der Waals surface area contributed by atoms with E-state index < -0.39 is 0 Å². The van der Waals surface area contributed by atoms with E-state index in [0.29, 0.717) is 17.2 Å². The first-order valence-corrected chi connectivity index (χ1v) is 6.98. The summed E-state index contributed by atoms with van der Waals surface area (Å²) in [4.78, 5) is 0. The number of nitrogens with two attached hydrogens (primary N) is 1. The monoisotopic (exact) mass is 307 g/mol. The highest BCUT2D eigenvalue weighted by molar-refractivity contribution is 5.52. The molecule has 2 aromatic rings. The van der Waals surface area contributed by atoms with E-state index in [2.05, 4.69) is 4.74 Å². The number of para-hydroxylation sites is 1. The highest BCUT2D eigenvalue weighted by atomic mass is 19.1. The molecule has 1 aliphatic rings. The summed E-state index contributed by atoms with van der Waals surface area (Å²) in [6.45, 7) is 0. The van der Waals surface area contributed by atoms with Crippen molar-refractivity contribution in [2.45, 2.75) is 18.8 Å². The van der Waals surface area contributed by atoms with Crippen LogP contribution in [0.15, 0.2) is 36.4 Å². The Labute approximate surface area is 128 Å². The van der Waals surface area contributed by atoms with Crippen molar-refractivity contribution >= 4 is 5.69 Å². The highest BCUT2D eigenvalue weighted by Gasteiger charge is 2.30. The summed E-state index contributed by atoms with van der Waals surface area (Å²) < 4.78 is 35.8. The average molecular weight is 307 g/mol. The molecule has 0 spiro atoms. The Balaban J connectivity index is 0.000000172. The molecule has 2 aromatic carbocycles. The Hall–Kier alpha value is -2.30. The fraction of sp³-hybridized carbons (Fsp3) is 0.294. The van der Waals surface area contributed by atoms with Gasteiger partial charge in [0.15, 0.2) is 17.4 Å². The molecule has 22 heavy (non-hydrogen) atoms. The second-order valence-electron chi connectivity index (χ2n) is 4.99. The van der Waals surface area contributed by atoms with Crippen molar-refractivity contribution in [3.63, 3.8) is 0 Å². The van der Waals surface area contributed by atoms with E-state index >= 15 is 0 Å². The average Bonchev–Trinajstić information content (AvgIpc) is 3.35. The molecule has 3 rings (SSSR count). The maximum atomic E-state index is 13.5. The Kier molecular flexibility index (Phi) is 5.20. The van der Waals surface area contributed by atoms with Crippen LogP contribution in [0.25, 0.3) is 0 Å². The maximum absolute atomic E-state index is 13.5. The quantitative estimate of drug-likeness (QED) is 0.867. The number of hydrogen-bond acceptors (Lipinski definition) is 3. The largest absolute Gasteiger partial charge is 0.496 e. The highest BCUT2D eigenvalue weighted by Crippen LogP contribution is 2.46. The summed E-state index contributed by atoms with van der Waals surface area (Å²) in [5, 5.41) is 0. The van der Waals surface area contributed by atoms with E-state index in [4.69, 9.17) is 10.5 Å². The normalized spacial score (nSPS) is 13.1. The molecule has 0 amide bonds. The van der Waals surface area contributed by atoms with Crippen molar-refractivity contribution in [2.75, 3.05) is 20.0 Å². The Morgan fingerprint density at radius 2 is 1.59 bits per heavy atom. The van der Waals surface area contributed by atoms with E-state index in [-0.39, 0.29) is 23.1 Å². The molecule has 0 radical (unpaired) electrons. The summed E-state index contributed by atoms with van der Waals surface area (Å²) in [5.74, 6) is 0.604. The van der Waals surface area contributed by atoms with Crippen molar-refractivity contribution in [3.8, 4) is 11.5 Å². The Morgan fingerprint density at radius 1 is 0.955 bits per heavy atom. The topological polar surface area (TPSA) is 44.5 Å². The lowest BCUT2D eigenvalue weighted by molar-refractivity contribution is 0.386. The molecule has 3 nitrogen and oxygen atoms in total. The molecule has 0 bridgehead atoms. The van der Waals surface area contributed by atoms with E-state index in [9.17, 15) is 8.78 Å². The molecule has 2 N–H and O–H groups in total. The lowest BCUT2D eigenvalue weighted by atomic mass is 10.1. The van der Waals surface area contributed by atoms with Gasteiger partial charge >= 0.3 is 0 Å². The standard InChI is InChI=1S/C10H12FNO.C7H7FO/c1-13-8-5-4-7(12)10(11)9(8)6-2-3-6;1-9-7-5-3-2-4-6(7)8/h4-6H,2-3,12H2,1H3;2-5H,1H3. The number of nitrogen functional groups attached to an aromatic ring is 1. The maximum Gasteiger partial charge on any atom is 0.165 e. The SMILES string of the molecule is COc1ccc(N)c(F)c1C1CC1.COc1ccccc1F. The first-order valence-electron chi connectivity index (χ1n) is 6.98. The van der Waals surface area contributed by atoms with E-state index in [1.165, 1.54) is 13.2 Å². The zero-order valence-electron chi connectivity index (χ0n) is 12.6. The number of benzene rings is 2. The number of ether oxygens (including phenoxy) is 2. The molecular weight excluding hydrogens is 288 g/mol. The molecule has 5 heteroatoms. The van der Waals surface area contributed by atoms with Crippen molar-refractivity contribution in [3.05, 3.63) is 53.6 Å². The number of anilines is 1. The van der Waals surface area contributed by atoms with E-state index in [1.807, 2.05) is 0 Å². The van der Waals surface area contributed by atoms with Gasteiger partial charge < -0.3 is 15.2 Å². The zero-order valence-corrected chi connectivity index (χ0v) is 12.6. The van der Waals surface area contributed by atoms with Crippen LogP contribution in [0.3, 0.4) is 0 Å². The van der Waals surface area contributed by atoms with Gasteiger partial charge in [0.2, 0.25) is 0 Å². The zero-order chi connectivity index (χ0) is 16.1. The van der Waals surface area contributed by atoms with Crippen molar-refractivity contribution < 1.29 is 18.3 Å². The summed E-state index contributed by atoms with van der Waals surface area (Å²) in [6.07, 6.45) is 2.08. The molecule has 1 saturated carbocycles. The molecule has 1 aliphatic carbocycles. The minimum Gasteiger partial charge on any atom is -0.496 e. The second-order valence-corrected chi connectivity index (χ2v) is 4.99. The van der Waals surface area contributed by atoms with Crippen LogP contribution in [0.1, 0.15) is 24.3 Å². The third-order valence-electron chi connectivity index (χ3n) is 3.43. The predicted molar refractivity (Wildman–Crippen MR) is 82.3 cm³/mol. The number of hydrogen-bond donors (Lipinski definition) is 1. The Morgan fingerprint density at radius 3 is 2.09 bits per heavy atom. The fourth-order valence-corrected chi connectivity index (χ4v) is 2.13. The van der Waals surface area contributed by atoms with Gasteiger partial charge in [-0.25, -0.2) is 8.78 Å². The lowest BCUT2D eigenvalue weighted by Gasteiger charge is -2.09. The van der Waals surface area contributed by atoms with Crippen LogP contribution in [-0.2, 0) is 0 Å². The second kappa shape index (κ2) is 7.11. The van der Waals surface area contributed by atoms with Crippen LogP contribution in [-0.4, -0.2) is 14.2 Å². The van der Waals surface area contributed by atoms with Gasteiger partial charge in [0.1, 0.15) is 5.75 Å². The van der Waals surface area contributed by atoms with Crippen molar-refractivity contribution in [1.29, 1.82) is 0 Å². The summed E-state index contributed by atoms with van der Waals surface area (Å²) >= 11 is 0. The number of halogens is 2. The molecule has 0 aromatic heterocycles. The number of methoxy groups -OCH3 is 2. The predicted octanol–water partition coefficient (Wildman–Crippen LogP) is 4.13. The lowest BCUT2D eigenvalue weighted by Crippen LogP contribution is -1.99. The van der Waals surface area contributed by atoms with E-state index in [0.717, 1.165) is 12.8 Å². The van der Waals surface area contributed by atoms with Crippen LogP contribution in [0.5, 0.6) is 11.5 Å². The van der Waals surface area contributed by atoms with Crippen LogP contribution in [0, 0.1) is 11.6 Å². The van der Waals surface area contributed by atoms with Crippen molar-refractivity contribution in [2.24, 2.45) is 0 Å². The number of rotatable bonds is 3. The first-order chi connectivity index (χ1) is 10.6. The summed E-state index contributed by atoms with van der Waals surface area (Å²) in [5.41, 5.74) is 6.35. The van der Waals surface area contributed by atoms with Crippen molar-refractivity contribution in [1.82, 2.24) is 0 Å². The first kappa shape index (κ1) is 16.1. The molecule has 0 atom stereocenters. The van der Waals surface area contributed by atoms with Crippen LogP contribution >= 0.6 is 0 Å². The minimum atomic E-state index is -0.319. The molecule has 0 saturated heterocycles. The Bertz CT molecular complexity index is 643. The smallest absolute Gasteiger partial charge is 0.165 e. The van der Waals surface area contributed by atoms with Gasteiger partial charge in [0.25, 0.3) is 0 Å². The molecule has 0 heterocycles. The third kappa shape index (κ3) is 3.67. The molecule has 0 aliphatic heterocycles. The summed E-state index contributed by atoms with van der Waals surface area (Å²) in [6, 6.07) is 9.56. The van der Waals surface area contributed by atoms with Crippen LogP contribution in [0.2, 0.25) is 0 Å². The van der Waals surface area contributed by atoms with E-state index in [1.54, 1.807) is 37.4 Å². The van der Waals surface area contributed by atoms with Gasteiger partial charge in [-0.2, -0.15) is 0 Å².